The van der Waals surface area contributed by atoms with Crippen molar-refractivity contribution in [2.75, 3.05) is 18.1 Å². The molecule has 2 aliphatic heterocycles. The van der Waals surface area contributed by atoms with Gasteiger partial charge in [-0.3, -0.25) is 19.3 Å². The highest BCUT2D eigenvalue weighted by molar-refractivity contribution is 6.51. The maximum absolute atomic E-state index is 13.4. The molecule has 1 saturated heterocycles. The van der Waals surface area contributed by atoms with E-state index in [4.69, 9.17) is 9.47 Å². The quantitative estimate of drug-likeness (QED) is 0.229. The number of aliphatic hydroxyl groups excluding tert-OH is 1. The van der Waals surface area contributed by atoms with Crippen LogP contribution in [0.5, 0.6) is 5.75 Å². The van der Waals surface area contributed by atoms with Crippen molar-refractivity contribution in [3.63, 3.8) is 0 Å². The molecule has 7 heteroatoms. The van der Waals surface area contributed by atoms with Gasteiger partial charge in [0.15, 0.2) is 0 Å². The Hall–Kier alpha value is -4.39. The Balaban J connectivity index is 1.57. The Morgan fingerprint density at radius 3 is 2.54 bits per heavy atom. The largest absolute Gasteiger partial charge is 0.507 e. The summed E-state index contributed by atoms with van der Waals surface area (Å²) in [5.74, 6) is -1.27. The fourth-order valence-corrected chi connectivity index (χ4v) is 4.87. The molecule has 3 aromatic carbocycles. The topological polar surface area (TPSA) is 93.1 Å². The molecule has 1 fully saturated rings. The van der Waals surface area contributed by atoms with Crippen LogP contribution >= 0.6 is 0 Å². The van der Waals surface area contributed by atoms with Gasteiger partial charge in [0.2, 0.25) is 0 Å². The maximum atomic E-state index is 13.4. The number of amides is 1. The summed E-state index contributed by atoms with van der Waals surface area (Å²) in [5, 5.41) is 11.4. The number of fused-ring (bicyclic) bond motifs is 1. The van der Waals surface area contributed by atoms with Gasteiger partial charge in [-0.1, -0.05) is 42.5 Å². The van der Waals surface area contributed by atoms with Crippen molar-refractivity contribution in [3.8, 4) is 5.75 Å². The van der Waals surface area contributed by atoms with Gasteiger partial charge in [0.05, 0.1) is 31.2 Å². The van der Waals surface area contributed by atoms with Gasteiger partial charge in [0.1, 0.15) is 11.5 Å². The second-order valence-corrected chi connectivity index (χ2v) is 9.00. The number of aliphatic hydroxyl groups is 1. The normalized spacial score (nSPS) is 18.3. The van der Waals surface area contributed by atoms with Gasteiger partial charge >= 0.3 is 5.97 Å². The van der Waals surface area contributed by atoms with Crippen LogP contribution < -0.4 is 9.64 Å². The summed E-state index contributed by atoms with van der Waals surface area (Å²) in [4.78, 5) is 40.0. The van der Waals surface area contributed by atoms with Gasteiger partial charge in [-0.15, -0.1) is 0 Å². The van der Waals surface area contributed by atoms with Crippen LogP contribution in [0.1, 0.15) is 41.6 Å². The van der Waals surface area contributed by atoms with Crippen LogP contribution in [-0.2, 0) is 32.0 Å². The third-order valence-electron chi connectivity index (χ3n) is 6.61. The Labute approximate surface area is 214 Å². The monoisotopic (exact) mass is 497 g/mol. The van der Waals surface area contributed by atoms with E-state index in [-0.39, 0.29) is 23.7 Å². The Kier molecular flexibility index (Phi) is 6.77. The fraction of sp³-hybridized carbons (Fsp3) is 0.233. The first-order valence-electron chi connectivity index (χ1n) is 12.3. The molecule has 0 bridgehead atoms. The van der Waals surface area contributed by atoms with E-state index >= 15 is 0 Å². The lowest BCUT2D eigenvalue weighted by atomic mass is 9.94. The molecular weight excluding hydrogens is 470 g/mol. The van der Waals surface area contributed by atoms with Crippen LogP contribution in [0.25, 0.3) is 5.76 Å². The molecule has 1 N–H and O–H groups in total. The van der Waals surface area contributed by atoms with E-state index < -0.39 is 17.7 Å². The molecule has 0 aromatic heterocycles. The average molecular weight is 498 g/mol. The Bertz CT molecular complexity index is 1380. The minimum atomic E-state index is -0.815. The summed E-state index contributed by atoms with van der Waals surface area (Å²) in [6.07, 6.45) is 1.79. The van der Waals surface area contributed by atoms with Crippen molar-refractivity contribution in [2.24, 2.45) is 0 Å². The van der Waals surface area contributed by atoms with E-state index in [0.717, 1.165) is 29.7 Å². The van der Waals surface area contributed by atoms with Crippen LogP contribution in [0.3, 0.4) is 0 Å². The van der Waals surface area contributed by atoms with Gasteiger partial charge in [-0.25, -0.2) is 0 Å². The van der Waals surface area contributed by atoms with Crippen molar-refractivity contribution < 1.29 is 29.0 Å². The third kappa shape index (κ3) is 4.72. The molecule has 1 unspecified atom stereocenters. The summed E-state index contributed by atoms with van der Waals surface area (Å²) in [5.41, 5.74) is 3.36. The molecule has 37 heavy (non-hydrogen) atoms. The molecule has 3 aromatic rings. The zero-order chi connectivity index (χ0) is 25.9. The lowest BCUT2D eigenvalue weighted by molar-refractivity contribution is -0.142. The van der Waals surface area contributed by atoms with E-state index in [0.29, 0.717) is 30.0 Å². The van der Waals surface area contributed by atoms with E-state index in [1.54, 1.807) is 43.3 Å². The number of aryl methyl sites for hydroxylation is 1. The van der Waals surface area contributed by atoms with Crippen LogP contribution in [0.2, 0.25) is 0 Å². The number of hydrogen-bond donors (Lipinski definition) is 1. The van der Waals surface area contributed by atoms with Crippen LogP contribution in [-0.4, -0.2) is 36.0 Å². The van der Waals surface area contributed by atoms with E-state index in [1.165, 1.54) is 4.90 Å². The van der Waals surface area contributed by atoms with E-state index in [9.17, 15) is 19.5 Å². The van der Waals surface area contributed by atoms with Crippen molar-refractivity contribution in [3.05, 3.63) is 101 Å². The molecule has 7 nitrogen and oxygen atoms in total. The number of Topliss-reactive ketones (excluding diaryl/α,β-unsaturated/α-hetero) is 1. The lowest BCUT2D eigenvalue weighted by Crippen LogP contribution is -2.29. The molecule has 0 spiro atoms. The predicted molar refractivity (Wildman–Crippen MR) is 138 cm³/mol. The highest BCUT2D eigenvalue weighted by Gasteiger charge is 2.47. The Morgan fingerprint density at radius 2 is 1.81 bits per heavy atom. The summed E-state index contributed by atoms with van der Waals surface area (Å²) in [6.45, 7) is 2.70. The number of esters is 1. The van der Waals surface area contributed by atoms with Crippen molar-refractivity contribution in [1.29, 1.82) is 0 Å². The molecule has 2 heterocycles. The molecular formula is C30H27NO6. The van der Waals surface area contributed by atoms with Gasteiger partial charge in [0, 0.05) is 11.3 Å². The van der Waals surface area contributed by atoms with Gasteiger partial charge in [-0.2, -0.15) is 0 Å². The number of benzene rings is 3. The highest BCUT2D eigenvalue weighted by atomic mass is 16.5. The molecule has 5 rings (SSSR count). The number of hydrogen-bond acceptors (Lipinski definition) is 6. The minimum Gasteiger partial charge on any atom is -0.507 e. The Morgan fingerprint density at radius 1 is 1.05 bits per heavy atom. The summed E-state index contributed by atoms with van der Waals surface area (Å²) >= 11 is 0. The molecule has 0 radical (unpaired) electrons. The molecule has 188 valence electrons. The zero-order valence-electron chi connectivity index (χ0n) is 20.5. The van der Waals surface area contributed by atoms with Gasteiger partial charge in [0.25, 0.3) is 11.7 Å². The smallest absolute Gasteiger partial charge is 0.310 e. The number of ketones is 1. The first-order valence-corrected chi connectivity index (χ1v) is 12.3. The third-order valence-corrected chi connectivity index (χ3v) is 6.61. The number of ether oxygens (including phenoxy) is 2. The first-order chi connectivity index (χ1) is 18.0. The SMILES string of the molecule is CCOC(=O)Cc1ccc(N2C(=O)C(=O)/C(=C(\O)c3ccc4c(c3)CCCO4)C2c2ccccc2)cc1. The number of nitrogens with zero attached hydrogens (tertiary/aromatic N) is 1. The van der Waals surface area contributed by atoms with Crippen molar-refractivity contribution in [2.45, 2.75) is 32.2 Å². The van der Waals surface area contributed by atoms with Gasteiger partial charge < -0.3 is 14.6 Å². The molecule has 0 saturated carbocycles. The molecule has 1 atom stereocenters. The second-order valence-electron chi connectivity index (χ2n) is 9.00. The fourth-order valence-electron chi connectivity index (χ4n) is 4.87. The summed E-state index contributed by atoms with van der Waals surface area (Å²) in [7, 11) is 0. The lowest BCUT2D eigenvalue weighted by Gasteiger charge is -2.25. The predicted octanol–water partition coefficient (Wildman–Crippen LogP) is 4.74. The summed E-state index contributed by atoms with van der Waals surface area (Å²) in [6, 6.07) is 20.5. The minimum absolute atomic E-state index is 0.0310. The van der Waals surface area contributed by atoms with Crippen LogP contribution in [0, 0.1) is 0 Å². The summed E-state index contributed by atoms with van der Waals surface area (Å²) < 4.78 is 10.7. The molecule has 1 amide bonds. The van der Waals surface area contributed by atoms with E-state index in [2.05, 4.69) is 0 Å². The second kappa shape index (κ2) is 10.3. The number of anilines is 1. The van der Waals surface area contributed by atoms with E-state index in [1.807, 2.05) is 36.4 Å². The van der Waals surface area contributed by atoms with Crippen molar-refractivity contribution in [1.82, 2.24) is 0 Å². The van der Waals surface area contributed by atoms with Crippen LogP contribution in [0.4, 0.5) is 5.69 Å². The number of rotatable bonds is 6. The molecule has 2 aliphatic rings. The maximum Gasteiger partial charge on any atom is 0.310 e. The first kappa shape index (κ1) is 24.3. The average Bonchev–Trinajstić information content (AvgIpc) is 3.19. The number of carbonyl (C=O) groups is 3. The van der Waals surface area contributed by atoms with Crippen LogP contribution in [0.15, 0.2) is 78.4 Å². The van der Waals surface area contributed by atoms with Gasteiger partial charge in [-0.05, 0) is 66.8 Å². The number of carbonyl (C=O) groups excluding carboxylic acids is 3. The highest BCUT2D eigenvalue weighted by Crippen LogP contribution is 2.42. The zero-order valence-corrected chi connectivity index (χ0v) is 20.5. The molecule has 0 aliphatic carbocycles. The van der Waals surface area contributed by atoms with Crippen molar-refractivity contribution >= 4 is 29.1 Å². The standard InChI is InChI=1S/C30H27NO6/c1-2-36-25(32)17-19-10-13-23(14-11-19)31-27(20-7-4-3-5-8-20)26(29(34)30(31)35)28(33)22-12-15-24-21(18-22)9-6-16-37-24/h3-5,7-8,10-15,18,27,33H,2,6,9,16-17H2,1H3/b28-26-.